The minimum Gasteiger partial charge on any atom is -0.264 e. The lowest BCUT2D eigenvalue weighted by Gasteiger charge is -2.14. The van der Waals surface area contributed by atoms with E-state index in [4.69, 9.17) is 5.26 Å². The fourth-order valence-corrected chi connectivity index (χ4v) is 3.01. The average molecular weight is 287 g/mol. The number of aromatic nitrogens is 1. The van der Waals surface area contributed by atoms with Crippen molar-refractivity contribution in [3.05, 3.63) is 59.9 Å². The molecule has 0 saturated heterocycles. The third-order valence-electron chi connectivity index (χ3n) is 2.79. The molecule has 0 saturated carbocycles. The number of nitrogens with one attached hydrogen (secondary N) is 1. The van der Waals surface area contributed by atoms with Gasteiger partial charge in [0.25, 0.3) is 0 Å². The van der Waals surface area contributed by atoms with Crippen molar-refractivity contribution in [2.24, 2.45) is 0 Å². The highest BCUT2D eigenvalue weighted by Crippen LogP contribution is 2.16. The molecule has 0 unspecified atom stereocenters. The smallest absolute Gasteiger partial charge is 0.241 e. The molecule has 1 aromatic carbocycles. The molecular weight excluding hydrogens is 274 g/mol. The van der Waals surface area contributed by atoms with Gasteiger partial charge in [0.05, 0.1) is 16.5 Å². The first kappa shape index (κ1) is 14.2. The Kier molecular flexibility index (Phi) is 4.13. The van der Waals surface area contributed by atoms with Crippen LogP contribution in [-0.2, 0) is 10.0 Å². The molecule has 1 atom stereocenters. The van der Waals surface area contributed by atoms with Crippen LogP contribution >= 0.6 is 0 Å². The van der Waals surface area contributed by atoms with E-state index in [-0.39, 0.29) is 4.90 Å². The SMILES string of the molecule is C[C@@H](NS(=O)(=O)c1cccc(C#N)c1)c1cccnc1. The van der Waals surface area contributed by atoms with Gasteiger partial charge in [0.2, 0.25) is 10.0 Å². The Labute approximate surface area is 118 Å². The van der Waals surface area contributed by atoms with Crippen LogP contribution in [0.1, 0.15) is 24.1 Å². The van der Waals surface area contributed by atoms with Gasteiger partial charge in [0.15, 0.2) is 0 Å². The number of hydrogen-bond acceptors (Lipinski definition) is 4. The zero-order valence-electron chi connectivity index (χ0n) is 10.8. The van der Waals surface area contributed by atoms with Crippen molar-refractivity contribution in [1.29, 1.82) is 5.26 Å². The molecule has 2 rings (SSSR count). The van der Waals surface area contributed by atoms with E-state index >= 15 is 0 Å². The lowest BCUT2D eigenvalue weighted by Crippen LogP contribution is -2.27. The summed E-state index contributed by atoms with van der Waals surface area (Å²) in [4.78, 5) is 4.03. The standard InChI is InChI=1S/C14H13N3O2S/c1-11(13-5-3-7-16-10-13)17-20(18,19)14-6-2-4-12(8-14)9-15/h2-8,10-11,17H,1H3/t11-/m1/s1. The molecule has 102 valence electrons. The molecule has 0 aliphatic carbocycles. The van der Waals surface area contributed by atoms with Gasteiger partial charge in [0.1, 0.15) is 0 Å². The summed E-state index contributed by atoms with van der Waals surface area (Å²) in [5, 5.41) is 8.81. The Morgan fingerprint density at radius 1 is 1.30 bits per heavy atom. The Morgan fingerprint density at radius 3 is 2.75 bits per heavy atom. The first-order chi connectivity index (χ1) is 9.53. The lowest BCUT2D eigenvalue weighted by molar-refractivity contribution is 0.566. The summed E-state index contributed by atoms with van der Waals surface area (Å²) in [6.45, 7) is 1.74. The maximum Gasteiger partial charge on any atom is 0.241 e. The normalized spacial score (nSPS) is 12.6. The molecule has 0 radical (unpaired) electrons. The molecule has 1 N–H and O–H groups in total. The number of pyridine rings is 1. The number of nitriles is 1. The Balaban J connectivity index is 2.25. The molecule has 6 heteroatoms. The monoisotopic (exact) mass is 287 g/mol. The molecule has 0 amide bonds. The summed E-state index contributed by atoms with van der Waals surface area (Å²) in [6, 6.07) is 11.0. The van der Waals surface area contributed by atoms with Gasteiger partial charge in [-0.1, -0.05) is 12.1 Å². The van der Waals surface area contributed by atoms with Crippen LogP contribution in [0.4, 0.5) is 0 Å². The van der Waals surface area contributed by atoms with Crippen molar-refractivity contribution in [3.8, 4) is 6.07 Å². The molecule has 0 aliphatic heterocycles. The Bertz CT molecular complexity index is 737. The van der Waals surface area contributed by atoms with Crippen molar-refractivity contribution in [2.75, 3.05) is 0 Å². The largest absolute Gasteiger partial charge is 0.264 e. The van der Waals surface area contributed by atoms with Gasteiger partial charge in [-0.05, 0) is 36.8 Å². The van der Waals surface area contributed by atoms with Gasteiger partial charge in [-0.15, -0.1) is 0 Å². The fourth-order valence-electron chi connectivity index (χ4n) is 1.73. The second-order valence-corrected chi connectivity index (χ2v) is 5.98. The van der Waals surface area contributed by atoms with Crippen molar-refractivity contribution in [1.82, 2.24) is 9.71 Å². The summed E-state index contributed by atoms with van der Waals surface area (Å²) in [5.41, 5.74) is 1.08. The topological polar surface area (TPSA) is 82.9 Å². The molecule has 0 fully saturated rings. The second-order valence-electron chi connectivity index (χ2n) is 4.27. The van der Waals surface area contributed by atoms with Gasteiger partial charge >= 0.3 is 0 Å². The molecule has 5 nitrogen and oxygen atoms in total. The van der Waals surface area contributed by atoms with Crippen LogP contribution in [0.5, 0.6) is 0 Å². The Morgan fingerprint density at radius 2 is 2.10 bits per heavy atom. The van der Waals surface area contributed by atoms with E-state index in [0.29, 0.717) is 5.56 Å². The van der Waals surface area contributed by atoms with Gasteiger partial charge in [-0.3, -0.25) is 4.98 Å². The quantitative estimate of drug-likeness (QED) is 0.932. The molecule has 1 heterocycles. The minimum absolute atomic E-state index is 0.0762. The van der Waals surface area contributed by atoms with E-state index in [1.54, 1.807) is 43.6 Å². The second kappa shape index (κ2) is 5.82. The molecule has 0 bridgehead atoms. The summed E-state index contributed by atoms with van der Waals surface area (Å²) in [6.07, 6.45) is 3.24. The van der Waals surface area contributed by atoms with E-state index in [0.717, 1.165) is 5.56 Å². The number of rotatable bonds is 4. The minimum atomic E-state index is -3.67. The molecule has 0 aliphatic rings. The average Bonchev–Trinajstić information content (AvgIpc) is 2.48. The highest BCUT2D eigenvalue weighted by atomic mass is 32.2. The van der Waals surface area contributed by atoms with Gasteiger partial charge < -0.3 is 0 Å². The zero-order chi connectivity index (χ0) is 14.6. The number of benzene rings is 1. The maximum absolute atomic E-state index is 12.2. The van der Waals surface area contributed by atoms with Gasteiger partial charge in [-0.25, -0.2) is 13.1 Å². The van der Waals surface area contributed by atoms with Crippen LogP contribution in [0, 0.1) is 11.3 Å². The van der Waals surface area contributed by atoms with Crippen LogP contribution in [0.3, 0.4) is 0 Å². The third-order valence-corrected chi connectivity index (χ3v) is 4.33. The molecular formula is C14H13N3O2S. The predicted octanol–water partition coefficient (Wildman–Crippen LogP) is 1.99. The summed E-state index contributed by atoms with van der Waals surface area (Å²) < 4.78 is 27.0. The van der Waals surface area contributed by atoms with E-state index < -0.39 is 16.1 Å². The number of nitrogens with zero attached hydrogens (tertiary/aromatic N) is 2. The third kappa shape index (κ3) is 3.20. The van der Waals surface area contributed by atoms with Crippen LogP contribution in [-0.4, -0.2) is 13.4 Å². The van der Waals surface area contributed by atoms with Gasteiger partial charge in [0, 0.05) is 18.4 Å². The van der Waals surface area contributed by atoms with Crippen LogP contribution in [0.15, 0.2) is 53.7 Å². The maximum atomic E-state index is 12.2. The van der Waals surface area contributed by atoms with Crippen molar-refractivity contribution in [2.45, 2.75) is 17.9 Å². The van der Waals surface area contributed by atoms with Crippen LogP contribution in [0.2, 0.25) is 0 Å². The predicted molar refractivity (Wildman–Crippen MR) is 74.1 cm³/mol. The van der Waals surface area contributed by atoms with E-state index in [9.17, 15) is 8.42 Å². The summed E-state index contributed by atoms with van der Waals surface area (Å²) in [5.74, 6) is 0. The first-order valence-corrected chi connectivity index (χ1v) is 7.43. The van der Waals surface area contributed by atoms with Gasteiger partial charge in [-0.2, -0.15) is 5.26 Å². The van der Waals surface area contributed by atoms with E-state index in [1.165, 1.54) is 12.1 Å². The van der Waals surface area contributed by atoms with Crippen molar-refractivity contribution >= 4 is 10.0 Å². The first-order valence-electron chi connectivity index (χ1n) is 5.95. The lowest BCUT2D eigenvalue weighted by atomic mass is 10.2. The van der Waals surface area contributed by atoms with Crippen molar-refractivity contribution in [3.63, 3.8) is 0 Å². The fraction of sp³-hybridized carbons (Fsp3) is 0.143. The van der Waals surface area contributed by atoms with Crippen molar-refractivity contribution < 1.29 is 8.42 Å². The zero-order valence-corrected chi connectivity index (χ0v) is 11.6. The van der Waals surface area contributed by atoms with E-state index in [2.05, 4.69) is 9.71 Å². The molecule has 2 aromatic rings. The highest BCUT2D eigenvalue weighted by molar-refractivity contribution is 7.89. The van der Waals surface area contributed by atoms with E-state index in [1.807, 2.05) is 6.07 Å². The van der Waals surface area contributed by atoms with Crippen LogP contribution in [0.25, 0.3) is 0 Å². The highest BCUT2D eigenvalue weighted by Gasteiger charge is 2.18. The number of hydrogen-bond donors (Lipinski definition) is 1. The summed E-state index contributed by atoms with van der Waals surface area (Å²) in [7, 11) is -3.67. The molecule has 1 aromatic heterocycles. The molecule has 0 spiro atoms. The number of sulfonamides is 1. The summed E-state index contributed by atoms with van der Waals surface area (Å²) >= 11 is 0. The molecule has 20 heavy (non-hydrogen) atoms. The Hall–Kier alpha value is -2.23. The van der Waals surface area contributed by atoms with Crippen LogP contribution < -0.4 is 4.72 Å².